The molecule has 5 heteroatoms. The van der Waals surface area contributed by atoms with Crippen molar-refractivity contribution in [3.8, 4) is 17.3 Å². The molecule has 6 rings (SSSR count). The lowest BCUT2D eigenvalue weighted by Crippen LogP contribution is -2.51. The van der Waals surface area contributed by atoms with Crippen LogP contribution in [0, 0.1) is 12.3 Å². The first kappa shape index (κ1) is 20.1. The third-order valence-electron chi connectivity index (χ3n) is 6.87. The average Bonchev–Trinajstić information content (AvgIpc) is 3.28. The van der Waals surface area contributed by atoms with Gasteiger partial charge in [-0.3, -0.25) is 0 Å². The largest absolute Gasteiger partial charge is 0.476 e. The molecule has 2 bridgehead atoms. The molecule has 3 fully saturated rings. The SMILES string of the molecule is CCOc1coc(-c2cccc(NCC34CCC(c5cccc(C)c5)(CC3)OC4)c2)n1. The Morgan fingerprint density at radius 2 is 1.90 bits per heavy atom. The summed E-state index contributed by atoms with van der Waals surface area (Å²) in [5.41, 5.74) is 4.78. The first-order valence-corrected chi connectivity index (χ1v) is 11.2. The number of oxazole rings is 1. The van der Waals surface area contributed by atoms with E-state index in [1.165, 1.54) is 24.0 Å². The minimum atomic E-state index is -0.0864. The molecule has 0 atom stereocenters. The number of anilines is 1. The highest BCUT2D eigenvalue weighted by Gasteiger charge is 2.50. The third-order valence-corrected chi connectivity index (χ3v) is 6.87. The lowest BCUT2D eigenvalue weighted by molar-refractivity contribution is -0.185. The lowest BCUT2D eigenvalue weighted by Gasteiger charge is -2.53. The predicted molar refractivity (Wildman–Crippen MR) is 121 cm³/mol. The first-order valence-electron chi connectivity index (χ1n) is 11.2. The van der Waals surface area contributed by atoms with Crippen LogP contribution in [0.1, 0.15) is 43.7 Å². The summed E-state index contributed by atoms with van der Waals surface area (Å²) in [6.07, 6.45) is 6.11. The van der Waals surface area contributed by atoms with Gasteiger partial charge in [0.15, 0.2) is 6.26 Å². The van der Waals surface area contributed by atoms with Crippen molar-refractivity contribution in [3.63, 3.8) is 0 Å². The molecule has 3 heterocycles. The summed E-state index contributed by atoms with van der Waals surface area (Å²) < 4.78 is 17.5. The van der Waals surface area contributed by atoms with Crippen molar-refractivity contribution in [2.24, 2.45) is 5.41 Å². The summed E-state index contributed by atoms with van der Waals surface area (Å²) in [5, 5.41) is 3.65. The van der Waals surface area contributed by atoms with Crippen LogP contribution in [0.2, 0.25) is 0 Å². The van der Waals surface area contributed by atoms with Crippen LogP contribution < -0.4 is 10.1 Å². The number of rotatable bonds is 7. The van der Waals surface area contributed by atoms with E-state index in [1.807, 2.05) is 19.1 Å². The maximum atomic E-state index is 6.54. The molecule has 31 heavy (non-hydrogen) atoms. The number of hydrogen-bond acceptors (Lipinski definition) is 5. The fraction of sp³-hybridized carbons (Fsp3) is 0.423. The van der Waals surface area contributed by atoms with Gasteiger partial charge in [0, 0.05) is 23.2 Å². The van der Waals surface area contributed by atoms with Crippen LogP contribution in [0.15, 0.2) is 59.2 Å². The Hall–Kier alpha value is -2.79. The van der Waals surface area contributed by atoms with Crippen LogP contribution >= 0.6 is 0 Å². The van der Waals surface area contributed by atoms with Crippen LogP contribution in [0.25, 0.3) is 11.5 Å². The van der Waals surface area contributed by atoms with E-state index in [2.05, 4.69) is 53.6 Å². The van der Waals surface area contributed by atoms with Crippen molar-refractivity contribution in [2.45, 2.75) is 45.1 Å². The Labute approximate surface area is 183 Å². The molecule has 1 saturated carbocycles. The van der Waals surface area contributed by atoms with Gasteiger partial charge < -0.3 is 19.2 Å². The van der Waals surface area contributed by atoms with Gasteiger partial charge in [0.1, 0.15) is 0 Å². The highest BCUT2D eigenvalue weighted by atomic mass is 16.5. The fourth-order valence-corrected chi connectivity index (χ4v) is 4.95. The minimum Gasteiger partial charge on any atom is -0.476 e. The molecule has 1 N–H and O–H groups in total. The summed E-state index contributed by atoms with van der Waals surface area (Å²) in [7, 11) is 0. The second kappa shape index (κ2) is 8.04. The van der Waals surface area contributed by atoms with Crippen LogP contribution in [0.5, 0.6) is 5.88 Å². The van der Waals surface area contributed by atoms with Crippen LogP contribution in [0.3, 0.4) is 0 Å². The van der Waals surface area contributed by atoms with Crippen LogP contribution in [-0.4, -0.2) is 24.7 Å². The highest BCUT2D eigenvalue weighted by Crippen LogP contribution is 2.53. The molecule has 0 amide bonds. The molecule has 1 aliphatic carbocycles. The van der Waals surface area contributed by atoms with Gasteiger partial charge in [0.05, 0.1) is 18.8 Å². The fourth-order valence-electron chi connectivity index (χ4n) is 4.95. The molecule has 2 aliphatic heterocycles. The van der Waals surface area contributed by atoms with E-state index >= 15 is 0 Å². The molecule has 0 unspecified atom stereocenters. The summed E-state index contributed by atoms with van der Waals surface area (Å²) in [6, 6.07) is 17.0. The van der Waals surface area contributed by atoms with E-state index < -0.39 is 0 Å². The Balaban J connectivity index is 1.24. The first-order chi connectivity index (χ1) is 15.1. The number of nitrogens with one attached hydrogen (secondary N) is 1. The van der Waals surface area contributed by atoms with Crippen molar-refractivity contribution < 1.29 is 13.9 Å². The van der Waals surface area contributed by atoms with Gasteiger partial charge in [0.2, 0.25) is 5.89 Å². The quantitative estimate of drug-likeness (QED) is 0.514. The summed E-state index contributed by atoms with van der Waals surface area (Å²) in [4.78, 5) is 4.40. The molecule has 1 aromatic heterocycles. The second-order valence-electron chi connectivity index (χ2n) is 9.01. The molecule has 0 radical (unpaired) electrons. The zero-order valence-corrected chi connectivity index (χ0v) is 18.3. The average molecular weight is 419 g/mol. The normalized spacial score (nSPS) is 24.8. The van der Waals surface area contributed by atoms with Crippen molar-refractivity contribution >= 4 is 5.69 Å². The number of aryl methyl sites for hydroxylation is 1. The molecular weight excluding hydrogens is 388 g/mol. The molecule has 162 valence electrons. The summed E-state index contributed by atoms with van der Waals surface area (Å²) >= 11 is 0. The van der Waals surface area contributed by atoms with Gasteiger partial charge >= 0.3 is 0 Å². The number of benzene rings is 2. The lowest BCUT2D eigenvalue weighted by atomic mass is 9.64. The van der Waals surface area contributed by atoms with E-state index in [9.17, 15) is 0 Å². The molecule has 3 aliphatic rings. The summed E-state index contributed by atoms with van der Waals surface area (Å²) in [5.74, 6) is 1.10. The maximum absolute atomic E-state index is 6.54. The second-order valence-corrected chi connectivity index (χ2v) is 9.01. The number of aromatic nitrogens is 1. The van der Waals surface area contributed by atoms with E-state index in [0.29, 0.717) is 18.4 Å². The number of nitrogens with zero attached hydrogens (tertiary/aromatic N) is 1. The number of ether oxygens (including phenoxy) is 2. The Kier molecular flexibility index (Phi) is 5.22. The van der Waals surface area contributed by atoms with Gasteiger partial charge in [0.25, 0.3) is 5.88 Å². The molecule has 0 spiro atoms. The smallest absolute Gasteiger partial charge is 0.253 e. The number of fused-ring (bicyclic) bond motifs is 3. The van der Waals surface area contributed by atoms with Gasteiger partial charge in [-0.2, -0.15) is 4.98 Å². The van der Waals surface area contributed by atoms with Crippen LogP contribution in [0.4, 0.5) is 5.69 Å². The van der Waals surface area contributed by atoms with Crippen molar-refractivity contribution in [1.82, 2.24) is 4.98 Å². The van der Waals surface area contributed by atoms with Gasteiger partial charge in [-0.25, -0.2) is 0 Å². The van der Waals surface area contributed by atoms with E-state index in [1.54, 1.807) is 6.26 Å². The van der Waals surface area contributed by atoms with Gasteiger partial charge in [-0.05, 0) is 63.3 Å². The van der Waals surface area contributed by atoms with Crippen molar-refractivity contribution in [3.05, 3.63) is 65.9 Å². The van der Waals surface area contributed by atoms with E-state index in [-0.39, 0.29) is 11.0 Å². The van der Waals surface area contributed by atoms with Crippen molar-refractivity contribution in [1.29, 1.82) is 0 Å². The van der Waals surface area contributed by atoms with Crippen LogP contribution in [-0.2, 0) is 10.3 Å². The molecule has 5 nitrogen and oxygen atoms in total. The highest BCUT2D eigenvalue weighted by molar-refractivity contribution is 5.61. The Bertz CT molecular complexity index is 1030. The van der Waals surface area contributed by atoms with Gasteiger partial charge in [-0.1, -0.05) is 35.9 Å². The minimum absolute atomic E-state index is 0.0864. The molecule has 3 aromatic rings. The molecule has 2 aromatic carbocycles. The topological polar surface area (TPSA) is 56.5 Å². The number of hydrogen-bond donors (Lipinski definition) is 1. The standard InChI is InChI=1S/C26H30N2O3/c1-3-29-23-16-30-24(28-23)20-7-5-9-22(15-20)27-17-25-10-12-26(13-11-25,31-18-25)21-8-4-6-19(2)14-21/h4-9,14-16,27H,3,10-13,17-18H2,1-2H3. The maximum Gasteiger partial charge on any atom is 0.253 e. The predicted octanol–water partition coefficient (Wildman–Crippen LogP) is 5.95. The Morgan fingerprint density at radius 1 is 1.06 bits per heavy atom. The zero-order valence-electron chi connectivity index (χ0n) is 18.3. The third kappa shape index (κ3) is 3.94. The van der Waals surface area contributed by atoms with Crippen molar-refractivity contribution in [2.75, 3.05) is 25.1 Å². The van der Waals surface area contributed by atoms with E-state index in [0.717, 1.165) is 37.2 Å². The zero-order chi connectivity index (χ0) is 21.3. The molecule has 2 saturated heterocycles. The Morgan fingerprint density at radius 3 is 2.65 bits per heavy atom. The molecular formula is C26H30N2O3. The summed E-state index contributed by atoms with van der Waals surface area (Å²) in [6.45, 7) is 6.39. The monoisotopic (exact) mass is 418 g/mol. The van der Waals surface area contributed by atoms with Gasteiger partial charge in [-0.15, -0.1) is 0 Å². The van der Waals surface area contributed by atoms with E-state index in [4.69, 9.17) is 13.9 Å².